The number of amides is 1. The molecule has 0 saturated heterocycles. The van der Waals surface area contributed by atoms with Gasteiger partial charge in [-0.2, -0.15) is 0 Å². The molecule has 8 heteroatoms. The number of nitrogens with one attached hydrogen (secondary N) is 2. The lowest BCUT2D eigenvalue weighted by Crippen LogP contribution is -2.33. The van der Waals surface area contributed by atoms with Crippen LogP contribution in [0, 0.1) is 0 Å². The number of hydrogen-bond acceptors (Lipinski definition) is 6. The van der Waals surface area contributed by atoms with E-state index in [9.17, 15) is 9.59 Å². The van der Waals surface area contributed by atoms with E-state index in [1.807, 2.05) is 24.3 Å². The van der Waals surface area contributed by atoms with Crippen LogP contribution >= 0.6 is 23.6 Å². The van der Waals surface area contributed by atoms with Gasteiger partial charge in [-0.15, -0.1) is 11.3 Å². The third-order valence-corrected chi connectivity index (χ3v) is 5.98. The van der Waals surface area contributed by atoms with Crippen LogP contribution in [0.25, 0.3) is 6.08 Å². The van der Waals surface area contributed by atoms with E-state index in [-0.39, 0.29) is 17.0 Å². The molecule has 0 saturated carbocycles. The number of methoxy groups -OCH3 is 2. The number of esters is 1. The number of hydrogen-bond donors (Lipinski definition) is 2. The van der Waals surface area contributed by atoms with Gasteiger partial charge in [-0.1, -0.05) is 12.1 Å². The Morgan fingerprint density at radius 2 is 1.86 bits per heavy atom. The number of benzene rings is 1. The Morgan fingerprint density at radius 1 is 1.14 bits per heavy atom. The van der Waals surface area contributed by atoms with Gasteiger partial charge in [-0.3, -0.25) is 10.1 Å². The number of rotatable bonds is 5. The van der Waals surface area contributed by atoms with Crippen molar-refractivity contribution in [3.8, 4) is 5.75 Å². The lowest BCUT2D eigenvalue weighted by molar-refractivity contribution is -0.115. The molecule has 0 spiro atoms. The van der Waals surface area contributed by atoms with E-state index in [0.29, 0.717) is 10.6 Å². The van der Waals surface area contributed by atoms with Crippen molar-refractivity contribution in [1.82, 2.24) is 5.32 Å². The van der Waals surface area contributed by atoms with Gasteiger partial charge in [-0.05, 0) is 67.2 Å². The average molecular weight is 431 g/mol. The quantitative estimate of drug-likeness (QED) is 0.425. The van der Waals surface area contributed by atoms with E-state index in [2.05, 4.69) is 10.6 Å². The second kappa shape index (κ2) is 9.67. The highest BCUT2D eigenvalue weighted by Crippen LogP contribution is 2.38. The van der Waals surface area contributed by atoms with E-state index in [0.717, 1.165) is 42.6 Å². The Labute approximate surface area is 178 Å². The molecule has 1 heterocycles. The molecule has 0 fully saturated rings. The number of carbonyl (C=O) groups excluding carboxylic acids is 2. The number of carbonyl (C=O) groups is 2. The zero-order valence-electron chi connectivity index (χ0n) is 16.2. The number of ether oxygens (including phenoxy) is 2. The summed E-state index contributed by atoms with van der Waals surface area (Å²) in [5.41, 5.74) is 2.42. The Hall–Kier alpha value is -2.71. The monoisotopic (exact) mass is 430 g/mol. The van der Waals surface area contributed by atoms with Gasteiger partial charge >= 0.3 is 5.97 Å². The third kappa shape index (κ3) is 5.21. The molecular weight excluding hydrogens is 408 g/mol. The van der Waals surface area contributed by atoms with Gasteiger partial charge in [0.05, 0.1) is 19.8 Å². The molecule has 3 rings (SSSR count). The van der Waals surface area contributed by atoms with Gasteiger partial charge in [0.15, 0.2) is 5.11 Å². The molecule has 29 heavy (non-hydrogen) atoms. The molecule has 1 amide bonds. The normalized spacial score (nSPS) is 12.9. The topological polar surface area (TPSA) is 76.7 Å². The van der Waals surface area contributed by atoms with Gasteiger partial charge in [-0.25, -0.2) is 4.79 Å². The van der Waals surface area contributed by atoms with Gasteiger partial charge in [0, 0.05) is 11.0 Å². The van der Waals surface area contributed by atoms with Crippen molar-refractivity contribution in [1.29, 1.82) is 0 Å². The molecule has 0 radical (unpaired) electrons. The highest BCUT2D eigenvalue weighted by molar-refractivity contribution is 7.80. The van der Waals surface area contributed by atoms with Crippen molar-refractivity contribution < 1.29 is 19.1 Å². The second-order valence-electron chi connectivity index (χ2n) is 6.46. The van der Waals surface area contributed by atoms with Crippen LogP contribution < -0.4 is 15.4 Å². The van der Waals surface area contributed by atoms with Crippen LogP contribution in [0.4, 0.5) is 5.00 Å². The van der Waals surface area contributed by atoms with Gasteiger partial charge < -0.3 is 14.8 Å². The van der Waals surface area contributed by atoms with Crippen molar-refractivity contribution in [3.05, 3.63) is 51.9 Å². The Morgan fingerprint density at radius 3 is 2.55 bits per heavy atom. The standard InChI is InChI=1S/C21H22N2O4S2/c1-26-14-10-7-13(8-11-14)9-12-17(24)22-21(28)23-19-18(20(25)27-2)15-5-3-4-6-16(15)29-19/h7-12H,3-6H2,1-2H3,(H2,22,23,24,28). The fraction of sp³-hybridized carbons (Fsp3) is 0.286. The van der Waals surface area contributed by atoms with Crippen molar-refractivity contribution in [2.24, 2.45) is 0 Å². The van der Waals surface area contributed by atoms with Crippen LogP contribution in [0.5, 0.6) is 5.75 Å². The summed E-state index contributed by atoms with van der Waals surface area (Å²) in [4.78, 5) is 25.6. The Kier molecular flexibility index (Phi) is 7.00. The van der Waals surface area contributed by atoms with E-state index >= 15 is 0 Å². The zero-order valence-corrected chi connectivity index (χ0v) is 17.9. The summed E-state index contributed by atoms with van der Waals surface area (Å²) in [7, 11) is 2.96. The molecule has 2 aromatic rings. The van der Waals surface area contributed by atoms with Crippen LogP contribution in [-0.2, 0) is 22.4 Å². The SMILES string of the molecule is COC(=O)c1c(NC(=S)NC(=O)C=Cc2ccc(OC)cc2)sc2c1CCCC2. The van der Waals surface area contributed by atoms with Crippen LogP contribution in [0.15, 0.2) is 30.3 Å². The fourth-order valence-corrected chi connectivity index (χ4v) is 4.70. The first-order valence-corrected chi connectivity index (χ1v) is 10.4. The Balaban J connectivity index is 1.65. The minimum Gasteiger partial charge on any atom is -0.497 e. The summed E-state index contributed by atoms with van der Waals surface area (Å²) in [6.07, 6.45) is 7.02. The zero-order chi connectivity index (χ0) is 20.8. The number of thiophene rings is 1. The van der Waals surface area contributed by atoms with Crippen molar-refractivity contribution in [2.45, 2.75) is 25.7 Å². The van der Waals surface area contributed by atoms with E-state index in [4.69, 9.17) is 21.7 Å². The summed E-state index contributed by atoms with van der Waals surface area (Å²) in [5.74, 6) is -0.00304. The molecule has 0 bridgehead atoms. The molecule has 1 aromatic heterocycles. The van der Waals surface area contributed by atoms with Crippen molar-refractivity contribution in [2.75, 3.05) is 19.5 Å². The second-order valence-corrected chi connectivity index (χ2v) is 7.97. The lowest BCUT2D eigenvalue weighted by Gasteiger charge is -2.12. The summed E-state index contributed by atoms with van der Waals surface area (Å²) in [5, 5.41) is 6.36. The van der Waals surface area contributed by atoms with Gasteiger partial charge in [0.1, 0.15) is 10.8 Å². The number of fused-ring (bicyclic) bond motifs is 1. The van der Waals surface area contributed by atoms with E-state index in [1.165, 1.54) is 29.4 Å². The molecule has 6 nitrogen and oxygen atoms in total. The predicted octanol–water partition coefficient (Wildman–Crippen LogP) is 3.95. The predicted molar refractivity (Wildman–Crippen MR) is 119 cm³/mol. The molecule has 1 aliphatic rings. The highest BCUT2D eigenvalue weighted by Gasteiger charge is 2.26. The lowest BCUT2D eigenvalue weighted by atomic mass is 9.95. The molecule has 2 N–H and O–H groups in total. The molecule has 1 aliphatic carbocycles. The molecule has 0 unspecified atom stereocenters. The van der Waals surface area contributed by atoms with Crippen molar-refractivity contribution >= 4 is 51.6 Å². The largest absolute Gasteiger partial charge is 0.497 e. The average Bonchev–Trinajstić information content (AvgIpc) is 3.09. The minimum absolute atomic E-state index is 0.137. The molecular formula is C21H22N2O4S2. The maximum absolute atomic E-state index is 12.3. The summed E-state index contributed by atoms with van der Waals surface area (Å²) in [6, 6.07) is 7.32. The first-order chi connectivity index (χ1) is 14.0. The van der Waals surface area contributed by atoms with Crippen molar-refractivity contribution in [3.63, 3.8) is 0 Å². The summed E-state index contributed by atoms with van der Waals surface area (Å²) < 4.78 is 10.1. The van der Waals surface area contributed by atoms with E-state index in [1.54, 1.807) is 13.2 Å². The molecule has 0 atom stereocenters. The Bertz CT molecular complexity index is 948. The summed E-state index contributed by atoms with van der Waals surface area (Å²) >= 11 is 6.75. The maximum atomic E-state index is 12.3. The number of aryl methyl sites for hydroxylation is 1. The first-order valence-electron chi connectivity index (χ1n) is 9.18. The van der Waals surface area contributed by atoms with Crippen LogP contribution in [0.3, 0.4) is 0 Å². The minimum atomic E-state index is -0.388. The molecule has 0 aliphatic heterocycles. The van der Waals surface area contributed by atoms with Crippen LogP contribution in [0.2, 0.25) is 0 Å². The molecule has 152 valence electrons. The smallest absolute Gasteiger partial charge is 0.341 e. The van der Waals surface area contributed by atoms with Gasteiger partial charge in [0.2, 0.25) is 5.91 Å². The highest BCUT2D eigenvalue weighted by atomic mass is 32.1. The van der Waals surface area contributed by atoms with Crippen LogP contribution in [-0.4, -0.2) is 31.2 Å². The maximum Gasteiger partial charge on any atom is 0.341 e. The van der Waals surface area contributed by atoms with Gasteiger partial charge in [0.25, 0.3) is 0 Å². The molecule has 1 aromatic carbocycles. The summed E-state index contributed by atoms with van der Waals surface area (Å²) in [6.45, 7) is 0. The fourth-order valence-electron chi connectivity index (χ4n) is 3.15. The van der Waals surface area contributed by atoms with Crippen LogP contribution in [0.1, 0.15) is 39.2 Å². The third-order valence-electron chi connectivity index (χ3n) is 4.57. The number of thiocarbonyl (C=S) groups is 1. The van der Waals surface area contributed by atoms with E-state index < -0.39 is 0 Å². The number of anilines is 1. The first kappa shape index (κ1) is 21.0.